The lowest BCUT2D eigenvalue weighted by Crippen LogP contribution is -2.31. The molecule has 0 saturated heterocycles. The maximum absolute atomic E-state index is 11.8. The van der Waals surface area contributed by atoms with Crippen molar-refractivity contribution in [3.63, 3.8) is 0 Å². The highest BCUT2D eigenvalue weighted by Gasteiger charge is 2.37. The molecular formula is C12H14N4O3. The number of ether oxygens (including phenoxy) is 1. The standard InChI is InChI=1S/C12H14N4O3/c1-4-18-11(17)12(2,3)10-15-9(16-19-10)8-7-13-5-6-14-8/h5-7H,4H2,1-3H3. The van der Waals surface area contributed by atoms with Crippen LogP contribution < -0.4 is 0 Å². The van der Waals surface area contributed by atoms with Crippen LogP contribution in [0.3, 0.4) is 0 Å². The molecule has 0 aromatic carbocycles. The van der Waals surface area contributed by atoms with Gasteiger partial charge in [0, 0.05) is 12.4 Å². The third-order valence-electron chi connectivity index (χ3n) is 2.54. The van der Waals surface area contributed by atoms with Crippen LogP contribution in [0.2, 0.25) is 0 Å². The smallest absolute Gasteiger partial charge is 0.321 e. The number of rotatable bonds is 4. The van der Waals surface area contributed by atoms with E-state index in [1.807, 2.05) is 0 Å². The van der Waals surface area contributed by atoms with E-state index in [1.165, 1.54) is 12.4 Å². The molecule has 100 valence electrons. The second-order valence-electron chi connectivity index (χ2n) is 4.36. The van der Waals surface area contributed by atoms with Crippen LogP contribution in [0.15, 0.2) is 23.1 Å². The molecule has 0 saturated carbocycles. The van der Waals surface area contributed by atoms with Crippen LogP contribution in [0.4, 0.5) is 0 Å². The van der Waals surface area contributed by atoms with Gasteiger partial charge < -0.3 is 9.26 Å². The summed E-state index contributed by atoms with van der Waals surface area (Å²) in [6, 6.07) is 0. The van der Waals surface area contributed by atoms with Gasteiger partial charge in [-0.2, -0.15) is 4.98 Å². The molecule has 0 spiro atoms. The summed E-state index contributed by atoms with van der Waals surface area (Å²) >= 11 is 0. The molecule has 0 fully saturated rings. The fourth-order valence-electron chi connectivity index (χ4n) is 1.39. The van der Waals surface area contributed by atoms with E-state index in [2.05, 4.69) is 20.1 Å². The van der Waals surface area contributed by atoms with Crippen LogP contribution in [0.1, 0.15) is 26.7 Å². The Hall–Kier alpha value is -2.31. The number of carbonyl (C=O) groups excluding carboxylic acids is 1. The summed E-state index contributed by atoms with van der Waals surface area (Å²) in [7, 11) is 0. The normalized spacial score (nSPS) is 11.3. The van der Waals surface area contributed by atoms with Gasteiger partial charge in [0.05, 0.1) is 12.8 Å². The number of hydrogen-bond acceptors (Lipinski definition) is 7. The van der Waals surface area contributed by atoms with Crippen LogP contribution >= 0.6 is 0 Å². The van der Waals surface area contributed by atoms with E-state index in [1.54, 1.807) is 27.0 Å². The SMILES string of the molecule is CCOC(=O)C(C)(C)c1nc(-c2cnccn2)no1. The third-order valence-corrected chi connectivity index (χ3v) is 2.54. The summed E-state index contributed by atoms with van der Waals surface area (Å²) in [5.41, 5.74) is -0.513. The monoisotopic (exact) mass is 262 g/mol. The molecule has 0 aliphatic rings. The van der Waals surface area contributed by atoms with Gasteiger partial charge in [0.2, 0.25) is 11.7 Å². The van der Waals surface area contributed by atoms with Crippen molar-refractivity contribution in [2.45, 2.75) is 26.2 Å². The Morgan fingerprint density at radius 1 is 1.42 bits per heavy atom. The molecule has 2 aromatic rings. The van der Waals surface area contributed by atoms with E-state index < -0.39 is 11.4 Å². The Kier molecular flexibility index (Phi) is 3.55. The summed E-state index contributed by atoms with van der Waals surface area (Å²) in [4.78, 5) is 24.0. The first kappa shape index (κ1) is 13.1. The van der Waals surface area contributed by atoms with Gasteiger partial charge in [-0.1, -0.05) is 5.16 Å². The van der Waals surface area contributed by atoms with E-state index in [0.29, 0.717) is 18.1 Å². The van der Waals surface area contributed by atoms with Gasteiger partial charge in [-0.3, -0.25) is 9.78 Å². The minimum atomic E-state index is -0.997. The molecule has 7 heteroatoms. The first-order chi connectivity index (χ1) is 9.05. The molecule has 0 radical (unpaired) electrons. The molecule has 2 heterocycles. The van der Waals surface area contributed by atoms with Crippen molar-refractivity contribution < 1.29 is 14.1 Å². The maximum Gasteiger partial charge on any atom is 0.321 e. The summed E-state index contributed by atoms with van der Waals surface area (Å²) in [5, 5.41) is 3.80. The number of esters is 1. The van der Waals surface area contributed by atoms with Crippen molar-refractivity contribution >= 4 is 5.97 Å². The van der Waals surface area contributed by atoms with E-state index in [4.69, 9.17) is 9.26 Å². The Morgan fingerprint density at radius 2 is 2.21 bits per heavy atom. The molecule has 0 aliphatic heterocycles. The van der Waals surface area contributed by atoms with Gasteiger partial charge in [0.15, 0.2) is 0 Å². The van der Waals surface area contributed by atoms with E-state index in [0.717, 1.165) is 0 Å². The minimum Gasteiger partial charge on any atom is -0.465 e. The second-order valence-corrected chi connectivity index (χ2v) is 4.36. The third kappa shape index (κ3) is 2.59. The van der Waals surface area contributed by atoms with Crippen molar-refractivity contribution in [3.8, 4) is 11.5 Å². The quantitative estimate of drug-likeness (QED) is 0.768. The van der Waals surface area contributed by atoms with Crippen molar-refractivity contribution in [2.75, 3.05) is 6.61 Å². The lowest BCUT2D eigenvalue weighted by Gasteiger charge is -2.16. The zero-order valence-electron chi connectivity index (χ0n) is 11.0. The molecule has 0 bridgehead atoms. The van der Waals surface area contributed by atoms with Gasteiger partial charge in [0.25, 0.3) is 0 Å². The van der Waals surface area contributed by atoms with Crippen molar-refractivity contribution in [3.05, 3.63) is 24.5 Å². The number of carbonyl (C=O) groups is 1. The van der Waals surface area contributed by atoms with Crippen LogP contribution in [-0.2, 0) is 14.9 Å². The van der Waals surface area contributed by atoms with Crippen LogP contribution in [0.25, 0.3) is 11.5 Å². The highest BCUT2D eigenvalue weighted by Crippen LogP contribution is 2.25. The van der Waals surface area contributed by atoms with E-state index in [9.17, 15) is 4.79 Å². The fraction of sp³-hybridized carbons (Fsp3) is 0.417. The largest absolute Gasteiger partial charge is 0.465 e. The summed E-state index contributed by atoms with van der Waals surface area (Å²) in [6.07, 6.45) is 4.60. The highest BCUT2D eigenvalue weighted by molar-refractivity contribution is 5.80. The number of hydrogen-bond donors (Lipinski definition) is 0. The Balaban J connectivity index is 2.28. The van der Waals surface area contributed by atoms with Gasteiger partial charge >= 0.3 is 5.97 Å². The van der Waals surface area contributed by atoms with Crippen molar-refractivity contribution in [1.82, 2.24) is 20.1 Å². The van der Waals surface area contributed by atoms with Crippen molar-refractivity contribution in [1.29, 1.82) is 0 Å². The zero-order valence-corrected chi connectivity index (χ0v) is 11.0. The highest BCUT2D eigenvalue weighted by atomic mass is 16.5. The molecule has 2 rings (SSSR count). The lowest BCUT2D eigenvalue weighted by atomic mass is 9.94. The Morgan fingerprint density at radius 3 is 2.84 bits per heavy atom. The van der Waals surface area contributed by atoms with Crippen LogP contribution in [0, 0.1) is 0 Å². The lowest BCUT2D eigenvalue weighted by molar-refractivity contribution is -0.149. The predicted octanol–water partition coefficient (Wildman–Crippen LogP) is 1.37. The molecule has 0 atom stereocenters. The predicted molar refractivity (Wildman–Crippen MR) is 65.0 cm³/mol. The van der Waals surface area contributed by atoms with Crippen molar-refractivity contribution in [2.24, 2.45) is 0 Å². The molecule has 0 aliphatic carbocycles. The average molecular weight is 262 g/mol. The molecule has 0 amide bonds. The Bertz CT molecular complexity index is 565. The topological polar surface area (TPSA) is 91.0 Å². The average Bonchev–Trinajstić information content (AvgIpc) is 2.90. The summed E-state index contributed by atoms with van der Waals surface area (Å²) in [6.45, 7) is 5.37. The molecule has 7 nitrogen and oxygen atoms in total. The summed E-state index contributed by atoms with van der Waals surface area (Å²) in [5.74, 6) is 0.0661. The van der Waals surface area contributed by atoms with Gasteiger partial charge in [-0.25, -0.2) is 4.98 Å². The Labute approximate surface area is 110 Å². The maximum atomic E-state index is 11.8. The van der Waals surface area contributed by atoms with E-state index in [-0.39, 0.29) is 5.89 Å². The molecule has 0 N–H and O–H groups in total. The first-order valence-electron chi connectivity index (χ1n) is 5.83. The van der Waals surface area contributed by atoms with Gasteiger partial charge in [0.1, 0.15) is 11.1 Å². The van der Waals surface area contributed by atoms with E-state index >= 15 is 0 Å². The van der Waals surface area contributed by atoms with Crippen LogP contribution in [-0.4, -0.2) is 32.7 Å². The fourth-order valence-corrected chi connectivity index (χ4v) is 1.39. The minimum absolute atomic E-state index is 0.187. The molecular weight excluding hydrogens is 248 g/mol. The van der Waals surface area contributed by atoms with Gasteiger partial charge in [-0.15, -0.1) is 0 Å². The first-order valence-corrected chi connectivity index (χ1v) is 5.83. The molecule has 2 aromatic heterocycles. The number of aromatic nitrogens is 4. The molecule has 0 unspecified atom stereocenters. The number of nitrogens with zero attached hydrogens (tertiary/aromatic N) is 4. The molecule has 19 heavy (non-hydrogen) atoms. The van der Waals surface area contributed by atoms with Gasteiger partial charge in [-0.05, 0) is 20.8 Å². The zero-order chi connectivity index (χ0) is 13.9. The van der Waals surface area contributed by atoms with Crippen LogP contribution in [0.5, 0.6) is 0 Å². The summed E-state index contributed by atoms with van der Waals surface area (Å²) < 4.78 is 10.1. The second kappa shape index (κ2) is 5.13.